The first kappa shape index (κ1) is 12.2. The van der Waals surface area contributed by atoms with Crippen molar-refractivity contribution in [1.82, 2.24) is 15.2 Å². The van der Waals surface area contributed by atoms with Crippen LogP contribution in [0.25, 0.3) is 10.8 Å². The van der Waals surface area contributed by atoms with Crippen LogP contribution in [0.1, 0.15) is 5.89 Å². The maximum absolute atomic E-state index is 5.59. The fraction of sp³-hybridized carbons (Fsp3) is 0.0833. The molecule has 0 saturated carbocycles. The van der Waals surface area contributed by atoms with Crippen molar-refractivity contribution in [2.24, 2.45) is 0 Å². The number of nitrogens with zero attached hydrogens (tertiary/aromatic N) is 3. The van der Waals surface area contributed by atoms with Crippen LogP contribution in [0.15, 0.2) is 45.3 Å². The fourth-order valence-electron chi connectivity index (χ4n) is 1.42. The minimum absolute atomic E-state index is 0.566. The van der Waals surface area contributed by atoms with Gasteiger partial charge in [0.15, 0.2) is 0 Å². The Morgan fingerprint density at radius 2 is 2.21 bits per heavy atom. The number of thioether (sulfide) groups is 1. The van der Waals surface area contributed by atoms with E-state index in [1.165, 1.54) is 11.8 Å². The van der Waals surface area contributed by atoms with Crippen molar-refractivity contribution >= 4 is 28.8 Å². The van der Waals surface area contributed by atoms with Crippen molar-refractivity contribution in [3.63, 3.8) is 0 Å². The van der Waals surface area contributed by atoms with Gasteiger partial charge in [-0.3, -0.25) is 0 Å². The number of pyridine rings is 1. The van der Waals surface area contributed by atoms with E-state index in [2.05, 4.69) is 15.2 Å². The van der Waals surface area contributed by atoms with Gasteiger partial charge in [-0.25, -0.2) is 4.98 Å². The molecule has 0 aliphatic rings. The van der Waals surface area contributed by atoms with Crippen molar-refractivity contribution in [3.05, 3.63) is 41.7 Å². The Bertz CT molecular complexity index is 649. The van der Waals surface area contributed by atoms with Crippen molar-refractivity contribution in [2.75, 3.05) is 5.73 Å². The molecule has 0 aliphatic carbocycles. The van der Waals surface area contributed by atoms with Gasteiger partial charge in [0.05, 0.1) is 27.5 Å². The van der Waals surface area contributed by atoms with Crippen LogP contribution in [-0.4, -0.2) is 15.2 Å². The third kappa shape index (κ3) is 2.94. The summed E-state index contributed by atoms with van der Waals surface area (Å²) in [5.41, 5.74) is 6.23. The van der Waals surface area contributed by atoms with Crippen LogP contribution in [0.5, 0.6) is 0 Å². The first-order chi connectivity index (χ1) is 9.31. The number of thiophene rings is 1. The number of nitrogens with two attached hydrogens (primary N) is 1. The van der Waals surface area contributed by atoms with E-state index in [-0.39, 0.29) is 0 Å². The SMILES string of the molecule is Nc1ccc(SCc2nnc(-c3cccs3)o2)nc1. The van der Waals surface area contributed by atoms with Gasteiger partial charge < -0.3 is 10.2 Å². The summed E-state index contributed by atoms with van der Waals surface area (Å²) >= 11 is 3.11. The Kier molecular flexibility index (Phi) is 3.47. The van der Waals surface area contributed by atoms with E-state index in [0.29, 0.717) is 23.2 Å². The van der Waals surface area contributed by atoms with Crippen molar-refractivity contribution in [3.8, 4) is 10.8 Å². The quantitative estimate of drug-likeness (QED) is 0.744. The van der Waals surface area contributed by atoms with Gasteiger partial charge in [0.25, 0.3) is 5.89 Å². The second-order valence-electron chi connectivity index (χ2n) is 3.70. The largest absolute Gasteiger partial charge is 0.419 e. The lowest BCUT2D eigenvalue weighted by Crippen LogP contribution is -1.87. The van der Waals surface area contributed by atoms with Crippen LogP contribution in [-0.2, 0) is 5.75 Å². The van der Waals surface area contributed by atoms with Gasteiger partial charge in [0, 0.05) is 0 Å². The van der Waals surface area contributed by atoms with E-state index in [4.69, 9.17) is 10.2 Å². The number of aromatic nitrogens is 3. The summed E-state index contributed by atoms with van der Waals surface area (Å²) in [7, 11) is 0. The molecular weight excluding hydrogens is 280 g/mol. The van der Waals surface area contributed by atoms with Gasteiger partial charge in [0.2, 0.25) is 5.89 Å². The summed E-state index contributed by atoms with van der Waals surface area (Å²) in [6, 6.07) is 7.60. The Morgan fingerprint density at radius 1 is 1.26 bits per heavy atom. The van der Waals surface area contributed by atoms with E-state index >= 15 is 0 Å². The zero-order valence-corrected chi connectivity index (χ0v) is 11.4. The molecule has 0 unspecified atom stereocenters. The van der Waals surface area contributed by atoms with Gasteiger partial charge in [-0.15, -0.1) is 21.5 Å². The molecule has 3 heterocycles. The molecule has 19 heavy (non-hydrogen) atoms. The molecular formula is C12H10N4OS2. The lowest BCUT2D eigenvalue weighted by molar-refractivity contribution is 0.529. The van der Waals surface area contributed by atoms with Crippen LogP contribution in [0.2, 0.25) is 0 Å². The number of hydrogen-bond acceptors (Lipinski definition) is 7. The predicted octanol–water partition coefficient (Wildman–Crippen LogP) is 3.07. The Labute approximate surface area is 117 Å². The maximum atomic E-state index is 5.59. The number of nitrogen functional groups attached to an aromatic ring is 1. The third-order valence-electron chi connectivity index (χ3n) is 2.30. The zero-order valence-electron chi connectivity index (χ0n) is 9.81. The molecule has 0 aliphatic heterocycles. The maximum Gasteiger partial charge on any atom is 0.257 e. The minimum atomic E-state index is 0.566. The molecule has 0 aromatic carbocycles. The van der Waals surface area contributed by atoms with Crippen molar-refractivity contribution in [1.29, 1.82) is 0 Å². The Morgan fingerprint density at radius 3 is 2.95 bits per heavy atom. The average molecular weight is 290 g/mol. The van der Waals surface area contributed by atoms with Gasteiger partial charge in [0.1, 0.15) is 0 Å². The van der Waals surface area contributed by atoms with Gasteiger partial charge >= 0.3 is 0 Å². The highest BCUT2D eigenvalue weighted by Gasteiger charge is 2.09. The molecule has 0 amide bonds. The van der Waals surface area contributed by atoms with Crippen molar-refractivity contribution in [2.45, 2.75) is 10.8 Å². The molecule has 0 atom stereocenters. The van der Waals surface area contributed by atoms with E-state index in [9.17, 15) is 0 Å². The fourth-order valence-corrected chi connectivity index (χ4v) is 2.75. The standard InChI is InChI=1S/C12H10N4OS2/c13-8-3-4-11(14-6-8)19-7-10-15-16-12(17-10)9-2-1-5-18-9/h1-6H,7,13H2. The number of hydrogen-bond donors (Lipinski definition) is 1. The van der Waals surface area contributed by atoms with Crippen LogP contribution in [0, 0.1) is 0 Å². The second-order valence-corrected chi connectivity index (χ2v) is 5.64. The zero-order chi connectivity index (χ0) is 13.1. The molecule has 5 nitrogen and oxygen atoms in total. The van der Waals surface area contributed by atoms with Crippen LogP contribution >= 0.6 is 23.1 Å². The van der Waals surface area contributed by atoms with Gasteiger partial charge in [-0.05, 0) is 23.6 Å². The molecule has 0 radical (unpaired) electrons. The summed E-state index contributed by atoms with van der Waals surface area (Å²) in [5.74, 6) is 1.75. The topological polar surface area (TPSA) is 77.8 Å². The molecule has 96 valence electrons. The Hall–Kier alpha value is -1.86. The first-order valence-electron chi connectivity index (χ1n) is 5.52. The third-order valence-corrected chi connectivity index (χ3v) is 4.09. The molecule has 2 N–H and O–H groups in total. The summed E-state index contributed by atoms with van der Waals surface area (Å²) in [6.45, 7) is 0. The molecule has 3 aromatic heterocycles. The highest BCUT2D eigenvalue weighted by molar-refractivity contribution is 7.98. The first-order valence-corrected chi connectivity index (χ1v) is 7.38. The molecule has 7 heteroatoms. The predicted molar refractivity (Wildman–Crippen MR) is 75.8 cm³/mol. The molecule has 0 saturated heterocycles. The normalized spacial score (nSPS) is 10.7. The molecule has 3 rings (SSSR count). The van der Waals surface area contributed by atoms with E-state index in [1.54, 1.807) is 17.5 Å². The summed E-state index contributed by atoms with van der Waals surface area (Å²) in [6.07, 6.45) is 1.63. The van der Waals surface area contributed by atoms with Crippen LogP contribution in [0.4, 0.5) is 5.69 Å². The molecule has 0 bridgehead atoms. The van der Waals surface area contributed by atoms with Crippen molar-refractivity contribution < 1.29 is 4.42 Å². The summed E-state index contributed by atoms with van der Waals surface area (Å²) in [5, 5.41) is 10.9. The van der Waals surface area contributed by atoms with Crippen LogP contribution < -0.4 is 5.73 Å². The highest BCUT2D eigenvalue weighted by atomic mass is 32.2. The van der Waals surface area contributed by atoms with Gasteiger partial charge in [-0.2, -0.15) is 0 Å². The second kappa shape index (κ2) is 5.41. The molecule has 0 fully saturated rings. The number of anilines is 1. The van der Waals surface area contributed by atoms with Gasteiger partial charge in [-0.1, -0.05) is 17.8 Å². The van der Waals surface area contributed by atoms with E-state index in [0.717, 1.165) is 9.90 Å². The number of rotatable bonds is 4. The average Bonchev–Trinajstić information content (AvgIpc) is 3.09. The summed E-state index contributed by atoms with van der Waals surface area (Å²) in [4.78, 5) is 5.18. The monoisotopic (exact) mass is 290 g/mol. The lowest BCUT2D eigenvalue weighted by Gasteiger charge is -1.97. The molecule has 3 aromatic rings. The molecule has 0 spiro atoms. The highest BCUT2D eigenvalue weighted by Crippen LogP contribution is 2.25. The van der Waals surface area contributed by atoms with Crippen LogP contribution in [0.3, 0.4) is 0 Å². The van der Waals surface area contributed by atoms with E-state index in [1.807, 2.05) is 29.6 Å². The summed E-state index contributed by atoms with van der Waals surface area (Å²) < 4.78 is 5.59. The minimum Gasteiger partial charge on any atom is -0.419 e. The Balaban J connectivity index is 1.66. The smallest absolute Gasteiger partial charge is 0.257 e. The lowest BCUT2D eigenvalue weighted by atomic mass is 10.4. The van der Waals surface area contributed by atoms with E-state index < -0.39 is 0 Å².